The molecular formula is C23H23ClF3N9O2S. The van der Waals surface area contributed by atoms with Gasteiger partial charge in [-0.25, -0.2) is 24.6 Å². The number of aromatic nitrogens is 6. The Balaban J connectivity index is 1.43. The highest BCUT2D eigenvalue weighted by Crippen LogP contribution is 2.35. The van der Waals surface area contributed by atoms with Crippen molar-refractivity contribution in [3.8, 4) is 0 Å². The number of amides is 2. The summed E-state index contributed by atoms with van der Waals surface area (Å²) in [5.74, 6) is -1.50. The second kappa shape index (κ2) is 11.6. The molecule has 0 fully saturated rings. The molecular weight excluding hydrogens is 559 g/mol. The van der Waals surface area contributed by atoms with Gasteiger partial charge in [0.05, 0.1) is 34.4 Å². The highest BCUT2D eigenvalue weighted by Gasteiger charge is 2.34. The largest absolute Gasteiger partial charge is 0.418 e. The molecule has 4 rings (SSSR count). The number of thiazole rings is 1. The summed E-state index contributed by atoms with van der Waals surface area (Å²) >= 11 is 6.54. The summed E-state index contributed by atoms with van der Waals surface area (Å²) in [7, 11) is 3.96. The van der Waals surface area contributed by atoms with Gasteiger partial charge in [-0.2, -0.15) is 18.3 Å². The number of nitrogens with zero attached hydrogens (tertiary/aromatic N) is 7. The zero-order chi connectivity index (χ0) is 28.3. The standard InChI is InChI=1S/C23H23ClF3N9O2S/c1-12(33-21(38)18-13-8-32-36(6-4-5-35(2)3)19(13)31-11-30-18)22-29-10-16(39-22)20(37)34-17-7-14(23(25,26)27)15(24)9-28-17/h7-12H,4-6H2,1-3H3,(H,33,38)(H,28,34,37). The lowest BCUT2D eigenvalue weighted by molar-refractivity contribution is -0.137. The second-order valence-electron chi connectivity index (χ2n) is 8.74. The molecule has 0 bridgehead atoms. The van der Waals surface area contributed by atoms with E-state index in [-0.39, 0.29) is 16.4 Å². The van der Waals surface area contributed by atoms with Gasteiger partial charge in [0, 0.05) is 12.7 Å². The summed E-state index contributed by atoms with van der Waals surface area (Å²) in [6.45, 7) is 3.18. The van der Waals surface area contributed by atoms with Crippen molar-refractivity contribution in [3.05, 3.63) is 57.1 Å². The highest BCUT2D eigenvalue weighted by atomic mass is 35.5. The van der Waals surface area contributed by atoms with Crippen LogP contribution in [0.4, 0.5) is 19.0 Å². The van der Waals surface area contributed by atoms with E-state index >= 15 is 0 Å². The van der Waals surface area contributed by atoms with Crippen molar-refractivity contribution in [2.45, 2.75) is 32.1 Å². The second-order valence-corrected chi connectivity index (χ2v) is 10.2. The molecule has 206 valence electrons. The van der Waals surface area contributed by atoms with E-state index in [9.17, 15) is 22.8 Å². The molecule has 1 atom stereocenters. The van der Waals surface area contributed by atoms with Crippen LogP contribution >= 0.6 is 22.9 Å². The number of nitrogens with one attached hydrogen (secondary N) is 2. The van der Waals surface area contributed by atoms with E-state index in [0.717, 1.165) is 30.5 Å². The average molecular weight is 582 g/mol. The van der Waals surface area contributed by atoms with Crippen molar-refractivity contribution in [1.29, 1.82) is 0 Å². The first-order chi connectivity index (χ1) is 18.4. The van der Waals surface area contributed by atoms with Gasteiger partial charge in [0.15, 0.2) is 5.65 Å². The van der Waals surface area contributed by atoms with Gasteiger partial charge in [0.2, 0.25) is 0 Å². The molecule has 11 nitrogen and oxygen atoms in total. The van der Waals surface area contributed by atoms with Crippen LogP contribution in [0.1, 0.15) is 50.1 Å². The number of alkyl halides is 3. The average Bonchev–Trinajstić information content (AvgIpc) is 3.52. The Morgan fingerprint density at radius 3 is 2.62 bits per heavy atom. The Morgan fingerprint density at radius 2 is 1.90 bits per heavy atom. The van der Waals surface area contributed by atoms with Crippen LogP contribution < -0.4 is 10.6 Å². The van der Waals surface area contributed by atoms with Gasteiger partial charge in [0.25, 0.3) is 11.8 Å². The third-order valence-electron chi connectivity index (χ3n) is 5.49. The quantitative estimate of drug-likeness (QED) is 0.303. The summed E-state index contributed by atoms with van der Waals surface area (Å²) in [5, 5.41) is 9.76. The van der Waals surface area contributed by atoms with Crippen LogP contribution in [-0.2, 0) is 12.7 Å². The minimum absolute atomic E-state index is 0.111. The molecule has 0 spiro atoms. The molecule has 0 saturated heterocycles. The minimum Gasteiger partial charge on any atom is -0.342 e. The van der Waals surface area contributed by atoms with E-state index in [0.29, 0.717) is 28.7 Å². The van der Waals surface area contributed by atoms with Crippen LogP contribution in [0.15, 0.2) is 31.0 Å². The smallest absolute Gasteiger partial charge is 0.342 e. The normalized spacial score (nSPS) is 12.6. The van der Waals surface area contributed by atoms with Crippen LogP contribution in [0.25, 0.3) is 11.0 Å². The first kappa shape index (κ1) is 28.3. The molecule has 4 heterocycles. The zero-order valence-corrected chi connectivity index (χ0v) is 22.5. The van der Waals surface area contributed by atoms with Gasteiger partial charge in [-0.15, -0.1) is 11.3 Å². The number of hydrogen-bond acceptors (Lipinski definition) is 9. The fourth-order valence-corrected chi connectivity index (χ4v) is 4.62. The fraction of sp³-hybridized carbons (Fsp3) is 0.348. The molecule has 0 aliphatic heterocycles. The number of carbonyl (C=O) groups excluding carboxylic acids is 2. The summed E-state index contributed by atoms with van der Waals surface area (Å²) in [5.41, 5.74) is -0.428. The minimum atomic E-state index is -4.70. The number of pyridine rings is 1. The van der Waals surface area contributed by atoms with Crippen molar-refractivity contribution in [1.82, 2.24) is 39.9 Å². The molecule has 0 aliphatic carbocycles. The molecule has 4 aromatic heterocycles. The van der Waals surface area contributed by atoms with Crippen molar-refractivity contribution in [2.75, 3.05) is 26.0 Å². The molecule has 0 aromatic carbocycles. The van der Waals surface area contributed by atoms with E-state index in [2.05, 4.69) is 40.6 Å². The van der Waals surface area contributed by atoms with Gasteiger partial charge in [-0.1, -0.05) is 11.6 Å². The van der Waals surface area contributed by atoms with Crippen molar-refractivity contribution in [2.24, 2.45) is 0 Å². The zero-order valence-electron chi connectivity index (χ0n) is 21.0. The molecule has 16 heteroatoms. The SMILES string of the molecule is CC(NC(=O)c1ncnc2c1cnn2CCCN(C)C)c1ncc(C(=O)Nc2cc(C(F)(F)F)c(Cl)cn2)s1. The van der Waals surface area contributed by atoms with E-state index in [4.69, 9.17) is 11.6 Å². The van der Waals surface area contributed by atoms with Gasteiger partial charge in [-0.3, -0.25) is 9.59 Å². The van der Waals surface area contributed by atoms with Crippen LogP contribution in [0.3, 0.4) is 0 Å². The molecule has 39 heavy (non-hydrogen) atoms. The maximum Gasteiger partial charge on any atom is 0.418 e. The van der Waals surface area contributed by atoms with Gasteiger partial charge in [0.1, 0.15) is 27.7 Å². The first-order valence-electron chi connectivity index (χ1n) is 11.6. The lowest BCUT2D eigenvalue weighted by Crippen LogP contribution is -2.27. The van der Waals surface area contributed by atoms with E-state index in [1.54, 1.807) is 17.8 Å². The molecule has 4 aromatic rings. The van der Waals surface area contributed by atoms with Gasteiger partial charge < -0.3 is 15.5 Å². The van der Waals surface area contributed by atoms with Gasteiger partial charge in [-0.05, 0) is 40.1 Å². The van der Waals surface area contributed by atoms with Gasteiger partial charge >= 0.3 is 6.18 Å². The Morgan fingerprint density at radius 1 is 1.13 bits per heavy atom. The lowest BCUT2D eigenvalue weighted by Gasteiger charge is -2.11. The molecule has 0 saturated carbocycles. The Hall–Kier alpha value is -3.69. The summed E-state index contributed by atoms with van der Waals surface area (Å²) in [6, 6.07) is 0.0485. The van der Waals surface area contributed by atoms with E-state index < -0.39 is 34.6 Å². The summed E-state index contributed by atoms with van der Waals surface area (Å²) < 4.78 is 41.0. The molecule has 0 aliphatic rings. The molecule has 1 unspecified atom stereocenters. The van der Waals surface area contributed by atoms with Crippen molar-refractivity contribution >= 4 is 51.6 Å². The number of rotatable bonds is 9. The Bertz CT molecular complexity index is 1510. The molecule has 0 radical (unpaired) electrons. The summed E-state index contributed by atoms with van der Waals surface area (Å²) in [6.07, 6.45) is 1.07. The fourth-order valence-electron chi connectivity index (χ4n) is 3.60. The number of hydrogen-bond donors (Lipinski definition) is 2. The van der Waals surface area contributed by atoms with Crippen LogP contribution in [0, 0.1) is 0 Å². The van der Waals surface area contributed by atoms with Crippen LogP contribution in [0.2, 0.25) is 5.02 Å². The maximum atomic E-state index is 13.1. The predicted octanol–water partition coefficient (Wildman–Crippen LogP) is 4.05. The third-order valence-corrected chi connectivity index (χ3v) is 6.97. The monoisotopic (exact) mass is 581 g/mol. The Labute approximate surface area is 229 Å². The number of halogens is 4. The highest BCUT2D eigenvalue weighted by molar-refractivity contribution is 7.13. The lowest BCUT2D eigenvalue weighted by atomic mass is 10.2. The van der Waals surface area contributed by atoms with Crippen LogP contribution in [0.5, 0.6) is 0 Å². The third kappa shape index (κ3) is 6.66. The number of fused-ring (bicyclic) bond motifs is 1. The number of anilines is 1. The van der Waals surface area contributed by atoms with E-state index in [1.165, 1.54) is 12.5 Å². The molecule has 2 amide bonds. The summed E-state index contributed by atoms with van der Waals surface area (Å²) in [4.78, 5) is 44.1. The Kier molecular flexibility index (Phi) is 8.42. The van der Waals surface area contributed by atoms with E-state index in [1.807, 2.05) is 14.1 Å². The maximum absolute atomic E-state index is 13.1. The number of carbonyl (C=O) groups is 2. The van der Waals surface area contributed by atoms with Crippen molar-refractivity contribution in [3.63, 3.8) is 0 Å². The topological polar surface area (TPSA) is 131 Å². The van der Waals surface area contributed by atoms with Crippen LogP contribution in [-0.4, -0.2) is 67.1 Å². The first-order valence-corrected chi connectivity index (χ1v) is 12.8. The predicted molar refractivity (Wildman–Crippen MR) is 139 cm³/mol. The van der Waals surface area contributed by atoms with Crippen molar-refractivity contribution < 1.29 is 22.8 Å². The molecule has 2 N–H and O–H groups in total. The number of aryl methyl sites for hydroxylation is 1.